The quantitative estimate of drug-likeness (QED) is 0.434. The molecule has 0 N–H and O–H groups in total. The second-order valence-electron chi connectivity index (χ2n) is 5.75. The van der Waals surface area contributed by atoms with Gasteiger partial charge in [-0.1, -0.05) is 11.6 Å². The van der Waals surface area contributed by atoms with Gasteiger partial charge in [0.25, 0.3) is 6.43 Å². The lowest BCUT2D eigenvalue weighted by atomic mass is 10.0. The first-order valence-electron chi connectivity index (χ1n) is 8.29. The van der Waals surface area contributed by atoms with Crippen LogP contribution in [0.2, 0.25) is 5.02 Å². The van der Waals surface area contributed by atoms with Gasteiger partial charge in [-0.25, -0.2) is 32.2 Å². The van der Waals surface area contributed by atoms with Crippen molar-refractivity contribution in [3.8, 4) is 5.69 Å². The molecule has 0 saturated heterocycles. The number of carbonyl (C=O) groups excluding carboxylic acids is 1. The highest BCUT2D eigenvalue weighted by atomic mass is 35.5. The van der Waals surface area contributed by atoms with Crippen LogP contribution in [0.25, 0.3) is 5.69 Å². The number of halogens is 5. The molecule has 6 nitrogen and oxygen atoms in total. The second-order valence-corrected chi connectivity index (χ2v) is 6.19. The Kier molecular flexibility index (Phi) is 6.12. The maximum atomic E-state index is 13.7. The van der Waals surface area contributed by atoms with Gasteiger partial charge < -0.3 is 4.74 Å². The predicted octanol–water partition coefficient (Wildman–Crippen LogP) is 4.23. The first kappa shape index (κ1) is 20.7. The highest BCUT2D eigenvalue weighted by Gasteiger charge is 2.33. The zero-order valence-corrected chi connectivity index (χ0v) is 15.6. The summed E-state index contributed by atoms with van der Waals surface area (Å²) in [4.78, 5) is 20.6. The molecule has 2 heterocycles. The van der Waals surface area contributed by atoms with Crippen LogP contribution in [-0.4, -0.2) is 32.3 Å². The molecular weight excluding hydrogens is 416 g/mol. The van der Waals surface area contributed by atoms with Gasteiger partial charge in [0.1, 0.15) is 11.5 Å². The predicted molar refractivity (Wildman–Crippen MR) is 94.0 cm³/mol. The van der Waals surface area contributed by atoms with E-state index < -0.39 is 35.6 Å². The lowest BCUT2D eigenvalue weighted by Crippen LogP contribution is -2.22. The fraction of sp³-hybridized carbons (Fsp3) is 0.222. The Morgan fingerprint density at radius 3 is 2.45 bits per heavy atom. The molecule has 0 aliphatic heterocycles. The van der Waals surface area contributed by atoms with Crippen molar-refractivity contribution >= 4 is 17.6 Å². The van der Waals surface area contributed by atoms with Gasteiger partial charge in [-0.3, -0.25) is 4.79 Å². The molecule has 0 saturated carbocycles. The molecule has 2 aromatic heterocycles. The normalized spacial score (nSPS) is 12.2. The number of carbonyl (C=O) groups is 1. The van der Waals surface area contributed by atoms with Crippen LogP contribution in [0.3, 0.4) is 0 Å². The summed E-state index contributed by atoms with van der Waals surface area (Å²) in [7, 11) is 0. The fourth-order valence-corrected chi connectivity index (χ4v) is 2.70. The van der Waals surface area contributed by atoms with Gasteiger partial charge in [-0.15, -0.1) is 0 Å². The molecule has 11 heteroatoms. The van der Waals surface area contributed by atoms with Crippen LogP contribution < -0.4 is 0 Å². The molecule has 3 rings (SSSR count). The summed E-state index contributed by atoms with van der Waals surface area (Å²) >= 11 is 5.77. The average molecular weight is 429 g/mol. The second kappa shape index (κ2) is 8.56. The van der Waals surface area contributed by atoms with E-state index in [0.717, 1.165) is 28.9 Å². The zero-order valence-electron chi connectivity index (χ0n) is 14.8. The molecular formula is C18H13ClF4N4O2. The molecule has 0 aliphatic carbocycles. The summed E-state index contributed by atoms with van der Waals surface area (Å²) in [5, 5.41) is 3.94. The minimum atomic E-state index is -2.98. The van der Waals surface area contributed by atoms with E-state index in [1.165, 1.54) is 12.4 Å². The summed E-state index contributed by atoms with van der Waals surface area (Å²) in [6.45, 7) is 1.57. The summed E-state index contributed by atoms with van der Waals surface area (Å²) in [5.41, 5.74) is -0.853. The Morgan fingerprint density at radius 1 is 1.17 bits per heavy atom. The van der Waals surface area contributed by atoms with E-state index in [4.69, 9.17) is 16.3 Å². The molecule has 29 heavy (non-hydrogen) atoms. The van der Waals surface area contributed by atoms with Crippen LogP contribution in [0.1, 0.15) is 36.5 Å². The highest BCUT2D eigenvalue weighted by Crippen LogP contribution is 2.30. The number of alkyl halides is 2. The third kappa shape index (κ3) is 4.37. The van der Waals surface area contributed by atoms with Gasteiger partial charge in [0, 0.05) is 18.5 Å². The number of esters is 1. The van der Waals surface area contributed by atoms with Gasteiger partial charge in [0.15, 0.2) is 17.6 Å². The van der Waals surface area contributed by atoms with E-state index in [1.54, 1.807) is 6.92 Å². The maximum Gasteiger partial charge on any atom is 0.322 e. The Balaban J connectivity index is 2.21. The monoisotopic (exact) mass is 428 g/mol. The Bertz CT molecular complexity index is 1030. The SMILES string of the molecule is CCOC(=O)C(c1ncc(Cl)cn1)c1cc(C(F)F)nn1-c1ccc(F)c(F)c1. The van der Waals surface area contributed by atoms with E-state index in [0.29, 0.717) is 0 Å². The van der Waals surface area contributed by atoms with E-state index in [1.807, 2.05) is 0 Å². The Labute approximate surface area is 167 Å². The van der Waals surface area contributed by atoms with E-state index in [-0.39, 0.29) is 28.8 Å². The number of benzene rings is 1. The summed E-state index contributed by atoms with van der Waals surface area (Å²) in [6, 6.07) is 3.68. The first-order chi connectivity index (χ1) is 13.8. The Morgan fingerprint density at radius 2 is 1.86 bits per heavy atom. The minimum Gasteiger partial charge on any atom is -0.465 e. The van der Waals surface area contributed by atoms with E-state index >= 15 is 0 Å². The molecule has 152 valence electrons. The largest absolute Gasteiger partial charge is 0.465 e. The molecule has 0 fully saturated rings. The van der Waals surface area contributed by atoms with Crippen LogP contribution in [-0.2, 0) is 9.53 Å². The number of hydrogen-bond donors (Lipinski definition) is 0. The van der Waals surface area contributed by atoms with Gasteiger partial charge in [-0.2, -0.15) is 5.10 Å². The molecule has 1 atom stereocenters. The van der Waals surface area contributed by atoms with Crippen molar-refractivity contribution < 1.29 is 27.1 Å². The number of nitrogens with zero attached hydrogens (tertiary/aromatic N) is 4. The molecule has 1 aromatic carbocycles. The number of aromatic nitrogens is 4. The van der Waals surface area contributed by atoms with Crippen LogP contribution in [0, 0.1) is 11.6 Å². The molecule has 0 amide bonds. The zero-order chi connectivity index (χ0) is 21.1. The smallest absolute Gasteiger partial charge is 0.322 e. The van der Waals surface area contributed by atoms with Crippen molar-refractivity contribution in [1.82, 2.24) is 19.7 Å². The number of ether oxygens (including phenoxy) is 1. The van der Waals surface area contributed by atoms with Crippen molar-refractivity contribution in [3.05, 3.63) is 70.5 Å². The van der Waals surface area contributed by atoms with Crippen LogP contribution in [0.15, 0.2) is 36.7 Å². The average Bonchev–Trinajstić information content (AvgIpc) is 3.11. The van der Waals surface area contributed by atoms with Gasteiger partial charge in [0.05, 0.1) is 23.0 Å². The fourth-order valence-electron chi connectivity index (χ4n) is 2.61. The topological polar surface area (TPSA) is 69.9 Å². The molecule has 0 radical (unpaired) electrons. The van der Waals surface area contributed by atoms with Crippen molar-refractivity contribution in [3.63, 3.8) is 0 Å². The summed E-state index contributed by atoms with van der Waals surface area (Å²) < 4.78 is 59.6. The third-order valence-corrected chi connectivity index (χ3v) is 4.04. The van der Waals surface area contributed by atoms with E-state index in [2.05, 4.69) is 15.1 Å². The van der Waals surface area contributed by atoms with Crippen LogP contribution in [0.4, 0.5) is 17.6 Å². The molecule has 0 bridgehead atoms. The highest BCUT2D eigenvalue weighted by molar-refractivity contribution is 6.30. The van der Waals surface area contributed by atoms with Crippen molar-refractivity contribution in [1.29, 1.82) is 0 Å². The molecule has 1 unspecified atom stereocenters. The van der Waals surface area contributed by atoms with Crippen LogP contribution in [0.5, 0.6) is 0 Å². The number of rotatable bonds is 6. The molecule has 0 spiro atoms. The standard InChI is InChI=1S/C18H13ClF4N4O2/c1-2-29-18(28)15(17-24-7-9(19)8-25-17)14-6-13(16(22)23)26-27(14)10-3-4-11(20)12(21)5-10/h3-8,15-16H,2H2,1H3. The summed E-state index contributed by atoms with van der Waals surface area (Å²) in [5.74, 6) is -4.62. The molecule has 3 aromatic rings. The van der Waals surface area contributed by atoms with E-state index in [9.17, 15) is 22.4 Å². The third-order valence-electron chi connectivity index (χ3n) is 3.84. The summed E-state index contributed by atoms with van der Waals surface area (Å²) in [6.07, 6.45) is -0.528. The minimum absolute atomic E-state index is 0.00391. The van der Waals surface area contributed by atoms with Gasteiger partial charge in [-0.05, 0) is 25.1 Å². The van der Waals surface area contributed by atoms with Crippen molar-refractivity contribution in [2.45, 2.75) is 19.3 Å². The lowest BCUT2D eigenvalue weighted by Gasteiger charge is -2.16. The van der Waals surface area contributed by atoms with Crippen molar-refractivity contribution in [2.24, 2.45) is 0 Å². The van der Waals surface area contributed by atoms with Gasteiger partial charge >= 0.3 is 5.97 Å². The number of hydrogen-bond acceptors (Lipinski definition) is 5. The first-order valence-corrected chi connectivity index (χ1v) is 8.67. The van der Waals surface area contributed by atoms with Gasteiger partial charge in [0.2, 0.25) is 0 Å². The maximum absolute atomic E-state index is 13.7. The van der Waals surface area contributed by atoms with Crippen LogP contribution >= 0.6 is 11.6 Å². The lowest BCUT2D eigenvalue weighted by molar-refractivity contribution is -0.144. The van der Waals surface area contributed by atoms with Crippen molar-refractivity contribution in [2.75, 3.05) is 6.61 Å². The Hall–Kier alpha value is -3.01. The molecule has 0 aliphatic rings.